The minimum atomic E-state index is -0.697. The molecule has 2 aromatic rings. The molecular weight excluding hydrogens is 342 g/mol. The first-order valence-corrected chi connectivity index (χ1v) is 7.96. The number of rotatable bonds is 4. The molecule has 0 fully saturated rings. The second kappa shape index (κ2) is 6.91. The third kappa shape index (κ3) is 3.01. The van der Waals surface area contributed by atoms with Gasteiger partial charge in [0.25, 0.3) is 5.56 Å². The molecule has 0 radical (unpaired) electrons. The average Bonchev–Trinajstić information content (AvgIpc) is 2.61. The Balaban J connectivity index is 2.18. The van der Waals surface area contributed by atoms with Gasteiger partial charge in [-0.05, 0) is 24.6 Å². The summed E-state index contributed by atoms with van der Waals surface area (Å²) in [6.07, 6.45) is 1.09. The van der Waals surface area contributed by atoms with E-state index in [0.717, 1.165) is 0 Å². The van der Waals surface area contributed by atoms with E-state index in [4.69, 9.17) is 14.2 Å². The highest BCUT2D eigenvalue weighted by molar-refractivity contribution is 5.94. The van der Waals surface area contributed by atoms with Crippen LogP contribution in [0.3, 0.4) is 0 Å². The van der Waals surface area contributed by atoms with Crippen LogP contribution in [0.2, 0.25) is 0 Å². The number of esters is 2. The zero-order chi connectivity index (χ0) is 18.8. The topological polar surface area (TPSA) is 115 Å². The van der Waals surface area contributed by atoms with Gasteiger partial charge in [0.2, 0.25) is 0 Å². The van der Waals surface area contributed by atoms with Gasteiger partial charge in [-0.3, -0.25) is 9.59 Å². The SMILES string of the molecule is CCOC(=O)c1c[nH]c(=O)c2c1OC(=O)C[C@@H]2c1ccc(O)c(OC)c1. The number of fused-ring (bicyclic) bond motifs is 1. The maximum atomic E-state index is 12.4. The lowest BCUT2D eigenvalue weighted by atomic mass is 9.86. The van der Waals surface area contributed by atoms with Crippen LogP contribution in [0.1, 0.15) is 40.7 Å². The van der Waals surface area contributed by atoms with E-state index < -0.39 is 23.4 Å². The Morgan fingerprint density at radius 2 is 2.15 bits per heavy atom. The van der Waals surface area contributed by atoms with Crippen molar-refractivity contribution in [2.24, 2.45) is 0 Å². The molecule has 136 valence electrons. The number of hydrogen-bond donors (Lipinski definition) is 2. The summed E-state index contributed by atoms with van der Waals surface area (Å²) >= 11 is 0. The first-order chi connectivity index (χ1) is 12.5. The Morgan fingerprint density at radius 1 is 1.38 bits per heavy atom. The summed E-state index contributed by atoms with van der Waals surface area (Å²) in [5.41, 5.74) is 0.231. The van der Waals surface area contributed by atoms with Crippen LogP contribution in [-0.4, -0.2) is 35.7 Å². The van der Waals surface area contributed by atoms with E-state index in [0.29, 0.717) is 5.56 Å². The molecule has 0 unspecified atom stereocenters. The monoisotopic (exact) mass is 359 g/mol. The summed E-state index contributed by atoms with van der Waals surface area (Å²) in [4.78, 5) is 39.2. The molecule has 1 aliphatic rings. The molecule has 2 heterocycles. The Kier molecular flexibility index (Phi) is 4.66. The average molecular weight is 359 g/mol. The van der Waals surface area contributed by atoms with Gasteiger partial charge in [0.15, 0.2) is 17.2 Å². The summed E-state index contributed by atoms with van der Waals surface area (Å²) in [6.45, 7) is 1.78. The maximum absolute atomic E-state index is 12.4. The Hall–Kier alpha value is -3.29. The van der Waals surface area contributed by atoms with Gasteiger partial charge in [0.1, 0.15) is 5.56 Å². The van der Waals surface area contributed by atoms with Gasteiger partial charge in [-0.2, -0.15) is 0 Å². The van der Waals surface area contributed by atoms with Crippen LogP contribution in [0.5, 0.6) is 17.2 Å². The normalized spacial score (nSPS) is 15.8. The van der Waals surface area contributed by atoms with Gasteiger partial charge in [0, 0.05) is 12.1 Å². The predicted molar refractivity (Wildman–Crippen MR) is 89.8 cm³/mol. The van der Waals surface area contributed by atoms with Crippen molar-refractivity contribution in [2.45, 2.75) is 19.3 Å². The Morgan fingerprint density at radius 3 is 2.85 bits per heavy atom. The fraction of sp³-hybridized carbons (Fsp3) is 0.278. The van der Waals surface area contributed by atoms with Crippen molar-refractivity contribution >= 4 is 11.9 Å². The number of aromatic hydroxyl groups is 1. The number of carbonyl (C=O) groups is 2. The van der Waals surface area contributed by atoms with E-state index in [-0.39, 0.29) is 41.4 Å². The first kappa shape index (κ1) is 17.5. The van der Waals surface area contributed by atoms with Crippen molar-refractivity contribution in [3.8, 4) is 17.2 Å². The molecule has 26 heavy (non-hydrogen) atoms. The summed E-state index contributed by atoms with van der Waals surface area (Å²) in [5, 5.41) is 9.77. The molecule has 1 atom stereocenters. The van der Waals surface area contributed by atoms with Gasteiger partial charge in [0.05, 0.1) is 25.7 Å². The molecule has 1 aromatic heterocycles. The second-order valence-corrected chi connectivity index (χ2v) is 5.66. The van der Waals surface area contributed by atoms with Gasteiger partial charge >= 0.3 is 11.9 Å². The number of methoxy groups -OCH3 is 1. The van der Waals surface area contributed by atoms with Crippen molar-refractivity contribution < 1.29 is 28.9 Å². The van der Waals surface area contributed by atoms with Gasteiger partial charge in [-0.15, -0.1) is 0 Å². The highest BCUT2D eigenvalue weighted by Gasteiger charge is 2.35. The van der Waals surface area contributed by atoms with Gasteiger partial charge < -0.3 is 24.3 Å². The quantitative estimate of drug-likeness (QED) is 0.799. The summed E-state index contributed by atoms with van der Waals surface area (Å²) in [6, 6.07) is 4.54. The molecular formula is C18H17NO7. The van der Waals surface area contributed by atoms with Gasteiger partial charge in [-0.1, -0.05) is 6.07 Å². The molecule has 0 bridgehead atoms. The molecule has 3 rings (SSSR count). The number of pyridine rings is 1. The maximum Gasteiger partial charge on any atom is 0.343 e. The number of aromatic nitrogens is 1. The number of phenolic OH excluding ortho intramolecular Hbond substituents is 1. The smallest absolute Gasteiger partial charge is 0.343 e. The largest absolute Gasteiger partial charge is 0.504 e. The number of carbonyl (C=O) groups excluding carboxylic acids is 2. The number of aromatic amines is 1. The fourth-order valence-corrected chi connectivity index (χ4v) is 2.94. The molecule has 2 N–H and O–H groups in total. The molecule has 0 saturated carbocycles. The molecule has 8 nitrogen and oxygen atoms in total. The fourth-order valence-electron chi connectivity index (χ4n) is 2.94. The number of H-pyrrole nitrogens is 1. The molecule has 0 amide bonds. The van der Waals surface area contributed by atoms with E-state index >= 15 is 0 Å². The van der Waals surface area contributed by atoms with E-state index in [1.165, 1.54) is 19.4 Å². The Labute approximate surface area is 148 Å². The van der Waals surface area contributed by atoms with Crippen LogP contribution in [-0.2, 0) is 9.53 Å². The number of benzene rings is 1. The molecule has 1 aromatic carbocycles. The molecule has 0 aliphatic carbocycles. The van der Waals surface area contributed by atoms with Crippen molar-refractivity contribution in [1.82, 2.24) is 4.98 Å². The minimum Gasteiger partial charge on any atom is -0.504 e. The lowest BCUT2D eigenvalue weighted by Gasteiger charge is -2.25. The number of ether oxygens (including phenoxy) is 3. The summed E-state index contributed by atoms with van der Waals surface area (Å²) in [5.74, 6) is -1.88. The molecule has 1 aliphatic heterocycles. The zero-order valence-electron chi connectivity index (χ0n) is 14.2. The summed E-state index contributed by atoms with van der Waals surface area (Å²) in [7, 11) is 1.40. The van der Waals surface area contributed by atoms with Crippen LogP contribution in [0.25, 0.3) is 0 Å². The van der Waals surface area contributed by atoms with Gasteiger partial charge in [-0.25, -0.2) is 4.79 Å². The number of phenols is 1. The summed E-state index contributed by atoms with van der Waals surface area (Å²) < 4.78 is 15.2. The highest BCUT2D eigenvalue weighted by Crippen LogP contribution is 2.40. The van der Waals surface area contributed by atoms with Crippen LogP contribution >= 0.6 is 0 Å². The van der Waals surface area contributed by atoms with E-state index in [1.807, 2.05) is 0 Å². The zero-order valence-corrected chi connectivity index (χ0v) is 14.2. The van der Waals surface area contributed by atoms with E-state index in [2.05, 4.69) is 4.98 Å². The van der Waals surface area contributed by atoms with Crippen LogP contribution in [0.4, 0.5) is 0 Å². The molecule has 0 saturated heterocycles. The van der Waals surface area contributed by atoms with Crippen LogP contribution in [0.15, 0.2) is 29.2 Å². The standard InChI is InChI=1S/C18H17NO7/c1-3-25-18(23)11-8-19-17(22)15-10(7-14(21)26-16(11)15)9-4-5-12(20)13(6-9)24-2/h4-6,8,10,20H,3,7H2,1-2H3,(H,19,22)/t10-/m1/s1. The lowest BCUT2D eigenvalue weighted by molar-refractivity contribution is -0.135. The minimum absolute atomic E-state index is 0.0229. The van der Waals surface area contributed by atoms with E-state index in [1.54, 1.807) is 19.1 Å². The first-order valence-electron chi connectivity index (χ1n) is 7.96. The predicted octanol–water partition coefficient (Wildman–Crippen LogP) is 1.71. The van der Waals surface area contributed by atoms with E-state index in [9.17, 15) is 19.5 Å². The van der Waals surface area contributed by atoms with Crippen molar-refractivity contribution in [1.29, 1.82) is 0 Å². The van der Waals surface area contributed by atoms with Crippen LogP contribution < -0.4 is 15.0 Å². The van der Waals surface area contributed by atoms with Crippen molar-refractivity contribution in [3.63, 3.8) is 0 Å². The lowest BCUT2D eigenvalue weighted by Crippen LogP contribution is -2.30. The molecule has 0 spiro atoms. The van der Waals surface area contributed by atoms with Crippen molar-refractivity contribution in [3.05, 3.63) is 51.4 Å². The molecule has 8 heteroatoms. The second-order valence-electron chi connectivity index (χ2n) is 5.66. The third-order valence-corrected chi connectivity index (χ3v) is 4.12. The van der Waals surface area contributed by atoms with Crippen LogP contribution in [0, 0.1) is 0 Å². The van der Waals surface area contributed by atoms with Crippen molar-refractivity contribution in [2.75, 3.05) is 13.7 Å². The number of hydrogen-bond acceptors (Lipinski definition) is 7. The Bertz CT molecular complexity index is 932. The highest BCUT2D eigenvalue weighted by atomic mass is 16.5. The number of nitrogens with one attached hydrogen (secondary N) is 1. The third-order valence-electron chi connectivity index (χ3n) is 4.12.